The van der Waals surface area contributed by atoms with Gasteiger partial charge in [0.15, 0.2) is 0 Å². The van der Waals surface area contributed by atoms with E-state index in [2.05, 4.69) is 15.6 Å². The summed E-state index contributed by atoms with van der Waals surface area (Å²) in [7, 11) is -2.57. The normalized spacial score (nSPS) is 14.7. The number of fused-ring (bicyclic) bond motifs is 1. The molecule has 0 saturated heterocycles. The second-order valence-electron chi connectivity index (χ2n) is 8.31. The Labute approximate surface area is 186 Å². The maximum atomic E-state index is 13.3. The Morgan fingerprint density at radius 3 is 2.47 bits per heavy atom. The maximum Gasteiger partial charge on any atom is 0.264 e. The largest absolute Gasteiger partial charge is 0.474 e. The summed E-state index contributed by atoms with van der Waals surface area (Å²) in [4.78, 5) is 29.1. The summed E-state index contributed by atoms with van der Waals surface area (Å²) in [6.07, 6.45) is 1.26. The number of benzene rings is 1. The van der Waals surface area contributed by atoms with Gasteiger partial charge in [0.05, 0.1) is 17.0 Å². The second-order valence-corrected chi connectivity index (χ2v) is 10.2. The van der Waals surface area contributed by atoms with Gasteiger partial charge >= 0.3 is 0 Å². The van der Waals surface area contributed by atoms with E-state index in [9.17, 15) is 22.4 Å². The van der Waals surface area contributed by atoms with Crippen LogP contribution < -0.4 is 19.7 Å². The van der Waals surface area contributed by atoms with Gasteiger partial charge in [-0.1, -0.05) is 20.8 Å². The number of ether oxygens (including phenoxy) is 1. The van der Waals surface area contributed by atoms with Gasteiger partial charge in [0.2, 0.25) is 11.8 Å². The smallest absolute Gasteiger partial charge is 0.264 e. The second kappa shape index (κ2) is 8.73. The molecule has 2 aromatic rings. The van der Waals surface area contributed by atoms with Crippen LogP contribution in [0.4, 0.5) is 10.1 Å². The Balaban J connectivity index is 1.96. The lowest BCUT2D eigenvalue weighted by Gasteiger charge is -2.31. The van der Waals surface area contributed by atoms with E-state index >= 15 is 0 Å². The molecule has 0 radical (unpaired) electrons. The molecule has 0 fully saturated rings. The van der Waals surface area contributed by atoms with Crippen molar-refractivity contribution in [1.29, 1.82) is 0 Å². The van der Waals surface area contributed by atoms with Crippen LogP contribution in [0.3, 0.4) is 0 Å². The lowest BCUT2D eigenvalue weighted by molar-refractivity contribution is -0.124. The molecule has 1 aliphatic heterocycles. The minimum absolute atomic E-state index is 0.0116. The molecular weight excluding hydrogens is 439 g/mol. The standard InChI is InChI=1S/C21H25FN4O5S/c1-21(2,3)17(19(28)23-4)25-18(27)13-11-16-20(24-12-13)31-10-9-26(16)32(29,30)15-7-5-14(22)6-8-15/h5-8,11-12,17H,9-10H2,1-4H3,(H,23,28)(H,25,27)/t17-/m1/s1. The first kappa shape index (κ1) is 23.5. The highest BCUT2D eigenvalue weighted by atomic mass is 32.2. The van der Waals surface area contributed by atoms with Gasteiger partial charge in [-0.15, -0.1) is 0 Å². The Bertz CT molecular complexity index is 1130. The molecule has 0 aliphatic carbocycles. The molecule has 2 amide bonds. The van der Waals surface area contributed by atoms with Crippen molar-refractivity contribution in [2.24, 2.45) is 5.41 Å². The van der Waals surface area contributed by atoms with Gasteiger partial charge in [0, 0.05) is 13.2 Å². The van der Waals surface area contributed by atoms with E-state index in [-0.39, 0.29) is 41.1 Å². The van der Waals surface area contributed by atoms with E-state index in [1.165, 1.54) is 31.4 Å². The van der Waals surface area contributed by atoms with Crippen molar-refractivity contribution in [3.05, 3.63) is 47.9 Å². The summed E-state index contributed by atoms with van der Waals surface area (Å²) >= 11 is 0. The number of anilines is 1. The van der Waals surface area contributed by atoms with Crippen LogP contribution >= 0.6 is 0 Å². The van der Waals surface area contributed by atoms with Crippen molar-refractivity contribution in [3.8, 4) is 5.88 Å². The zero-order valence-corrected chi connectivity index (χ0v) is 19.0. The predicted molar refractivity (Wildman–Crippen MR) is 115 cm³/mol. The number of sulfonamides is 1. The van der Waals surface area contributed by atoms with Gasteiger partial charge in [-0.25, -0.2) is 17.8 Å². The number of hydrogen-bond donors (Lipinski definition) is 2. The average molecular weight is 465 g/mol. The fourth-order valence-electron chi connectivity index (χ4n) is 3.22. The quantitative estimate of drug-likeness (QED) is 0.696. The van der Waals surface area contributed by atoms with Crippen LogP contribution in [0.2, 0.25) is 0 Å². The van der Waals surface area contributed by atoms with Gasteiger partial charge in [-0.05, 0) is 35.7 Å². The molecule has 1 atom stereocenters. The first-order valence-corrected chi connectivity index (χ1v) is 11.3. The van der Waals surface area contributed by atoms with Crippen LogP contribution in [0, 0.1) is 11.2 Å². The number of hydrogen-bond acceptors (Lipinski definition) is 6. The topological polar surface area (TPSA) is 118 Å². The summed E-state index contributed by atoms with van der Waals surface area (Å²) in [5, 5.41) is 5.20. The van der Waals surface area contributed by atoms with Crippen molar-refractivity contribution in [3.63, 3.8) is 0 Å². The van der Waals surface area contributed by atoms with Crippen molar-refractivity contribution in [2.45, 2.75) is 31.7 Å². The van der Waals surface area contributed by atoms with E-state index in [0.717, 1.165) is 16.4 Å². The first-order valence-electron chi connectivity index (χ1n) is 9.89. The summed E-state index contributed by atoms with van der Waals surface area (Å²) in [6.45, 7) is 5.48. The molecule has 11 heteroatoms. The third-order valence-corrected chi connectivity index (χ3v) is 6.78. The Morgan fingerprint density at radius 1 is 1.22 bits per heavy atom. The third-order valence-electron chi connectivity index (χ3n) is 4.95. The summed E-state index contributed by atoms with van der Waals surface area (Å²) in [6, 6.07) is 4.97. The highest BCUT2D eigenvalue weighted by Crippen LogP contribution is 2.34. The summed E-state index contributed by atoms with van der Waals surface area (Å²) in [5.74, 6) is -1.46. The number of nitrogens with zero attached hydrogens (tertiary/aromatic N) is 2. The lowest BCUT2D eigenvalue weighted by atomic mass is 9.86. The molecule has 1 aromatic carbocycles. The lowest BCUT2D eigenvalue weighted by Crippen LogP contribution is -2.52. The first-order chi connectivity index (χ1) is 14.9. The molecule has 1 aromatic heterocycles. The van der Waals surface area contributed by atoms with Crippen molar-refractivity contribution < 1.29 is 27.1 Å². The minimum atomic E-state index is -4.05. The number of pyridine rings is 1. The van der Waals surface area contributed by atoms with Gasteiger partial charge in [0.25, 0.3) is 15.9 Å². The molecule has 0 spiro atoms. The molecule has 2 heterocycles. The molecular formula is C21H25FN4O5S. The molecule has 32 heavy (non-hydrogen) atoms. The molecule has 0 saturated carbocycles. The molecule has 9 nitrogen and oxygen atoms in total. The van der Waals surface area contributed by atoms with E-state index in [4.69, 9.17) is 4.74 Å². The van der Waals surface area contributed by atoms with Crippen molar-refractivity contribution >= 4 is 27.5 Å². The molecule has 1 aliphatic rings. The molecule has 0 unspecified atom stereocenters. The molecule has 0 bridgehead atoms. The summed E-state index contributed by atoms with van der Waals surface area (Å²) in [5.41, 5.74) is -0.425. The molecule has 2 N–H and O–H groups in total. The van der Waals surface area contributed by atoms with Gasteiger partial charge < -0.3 is 15.4 Å². The number of aromatic nitrogens is 1. The SMILES string of the molecule is CNC(=O)[C@@H](NC(=O)c1cnc2c(c1)N(S(=O)(=O)c1ccc(F)cc1)CCO2)C(C)(C)C. The average Bonchev–Trinajstić information content (AvgIpc) is 2.75. The van der Waals surface area contributed by atoms with Crippen molar-refractivity contribution in [1.82, 2.24) is 15.6 Å². The Hall–Kier alpha value is -3.21. The van der Waals surface area contributed by atoms with E-state index in [1.54, 1.807) is 0 Å². The van der Waals surface area contributed by atoms with Crippen LogP contribution in [0.1, 0.15) is 31.1 Å². The van der Waals surface area contributed by atoms with Crippen LogP contribution in [0.5, 0.6) is 5.88 Å². The number of amides is 2. The number of nitrogens with one attached hydrogen (secondary N) is 2. The number of likely N-dealkylation sites (N-methyl/N-ethyl adjacent to an activating group) is 1. The zero-order chi connectivity index (χ0) is 23.7. The number of carbonyl (C=O) groups excluding carboxylic acids is 2. The van der Waals surface area contributed by atoms with E-state index in [1.807, 2.05) is 20.8 Å². The molecule has 3 rings (SSSR count). The fourth-order valence-corrected chi connectivity index (χ4v) is 4.66. The maximum absolute atomic E-state index is 13.3. The number of carbonyl (C=O) groups is 2. The minimum Gasteiger partial charge on any atom is -0.474 e. The predicted octanol–water partition coefficient (Wildman–Crippen LogP) is 1.70. The van der Waals surface area contributed by atoms with Gasteiger partial charge in [0.1, 0.15) is 24.2 Å². The highest BCUT2D eigenvalue weighted by Gasteiger charge is 2.34. The van der Waals surface area contributed by atoms with Gasteiger partial charge in [-0.3, -0.25) is 13.9 Å². The monoisotopic (exact) mass is 464 g/mol. The Kier molecular flexibility index (Phi) is 6.40. The van der Waals surface area contributed by atoms with Crippen molar-refractivity contribution in [2.75, 3.05) is 24.5 Å². The highest BCUT2D eigenvalue weighted by molar-refractivity contribution is 7.92. The number of halogens is 1. The van der Waals surface area contributed by atoms with Gasteiger partial charge in [-0.2, -0.15) is 0 Å². The zero-order valence-electron chi connectivity index (χ0n) is 18.2. The van der Waals surface area contributed by atoms with Crippen LogP contribution in [0.25, 0.3) is 0 Å². The third kappa shape index (κ3) is 4.67. The van der Waals surface area contributed by atoms with Crippen LogP contribution in [-0.4, -0.2) is 51.5 Å². The van der Waals surface area contributed by atoms with Crippen LogP contribution in [-0.2, 0) is 14.8 Å². The van der Waals surface area contributed by atoms with E-state index in [0.29, 0.717) is 0 Å². The summed E-state index contributed by atoms with van der Waals surface area (Å²) < 4.78 is 46.1. The van der Waals surface area contributed by atoms with Crippen LogP contribution in [0.15, 0.2) is 41.4 Å². The number of rotatable bonds is 5. The molecule has 172 valence electrons. The van der Waals surface area contributed by atoms with E-state index < -0.39 is 33.2 Å². The Morgan fingerprint density at radius 2 is 1.88 bits per heavy atom. The fraction of sp³-hybridized carbons (Fsp3) is 0.381.